The van der Waals surface area contributed by atoms with Crippen molar-refractivity contribution in [1.82, 2.24) is 10.2 Å². The number of aryl methyl sites for hydroxylation is 1. The summed E-state index contributed by atoms with van der Waals surface area (Å²) in [5, 5.41) is 8.18. The Morgan fingerprint density at radius 2 is 2.00 bits per heavy atom. The van der Waals surface area contributed by atoms with Crippen LogP contribution in [0.5, 0.6) is 17.6 Å². The van der Waals surface area contributed by atoms with Crippen molar-refractivity contribution in [2.24, 2.45) is 17.3 Å². The van der Waals surface area contributed by atoms with Crippen molar-refractivity contribution in [3.05, 3.63) is 65.6 Å². The van der Waals surface area contributed by atoms with Crippen LogP contribution in [0.25, 0.3) is 0 Å². The molecule has 3 saturated carbocycles. The van der Waals surface area contributed by atoms with Crippen molar-refractivity contribution in [2.75, 3.05) is 6.61 Å². The second-order valence-corrected chi connectivity index (χ2v) is 9.66. The molecule has 0 aliphatic heterocycles. The largest absolute Gasteiger partial charge is 0.486 e. The zero-order chi connectivity index (χ0) is 22.8. The molecule has 1 heterocycles. The highest BCUT2D eigenvalue weighted by atomic mass is 19.1. The number of rotatable bonds is 8. The zero-order valence-electron chi connectivity index (χ0n) is 18.0. The van der Waals surface area contributed by atoms with Crippen LogP contribution in [-0.4, -0.2) is 22.6 Å². The van der Waals surface area contributed by atoms with Gasteiger partial charge in [0.2, 0.25) is 5.89 Å². The van der Waals surface area contributed by atoms with Gasteiger partial charge in [-0.05, 0) is 67.2 Å². The molecule has 4 atom stereocenters. The first-order valence-corrected chi connectivity index (χ1v) is 11.1. The van der Waals surface area contributed by atoms with Crippen molar-refractivity contribution in [3.63, 3.8) is 0 Å². The Labute approximate surface area is 188 Å². The Morgan fingerprint density at radius 1 is 1.12 bits per heavy atom. The van der Waals surface area contributed by atoms with E-state index in [0.29, 0.717) is 41.2 Å². The molecule has 0 N–H and O–H groups in total. The summed E-state index contributed by atoms with van der Waals surface area (Å²) in [7, 11) is 0. The fraction of sp³-hybridized carbons (Fsp3) is 0.400. The van der Waals surface area contributed by atoms with Gasteiger partial charge in [0.05, 0.1) is 5.41 Å². The van der Waals surface area contributed by atoms with Crippen molar-refractivity contribution < 1.29 is 27.5 Å². The molecule has 3 fully saturated rings. The van der Waals surface area contributed by atoms with Crippen LogP contribution >= 0.6 is 0 Å². The Balaban J connectivity index is 1.08. The first kappa shape index (κ1) is 20.3. The molecule has 0 radical (unpaired) electrons. The van der Waals surface area contributed by atoms with Gasteiger partial charge in [-0.15, -0.1) is 5.10 Å². The number of carbonyl (C=O) groups excluding carboxylic acids is 1. The number of hydrogen-bond donors (Lipinski definition) is 0. The monoisotopic (exact) mass is 452 g/mol. The van der Waals surface area contributed by atoms with Crippen LogP contribution in [0.2, 0.25) is 0 Å². The third-order valence-electron chi connectivity index (χ3n) is 7.47. The van der Waals surface area contributed by atoms with Crippen molar-refractivity contribution in [2.45, 2.75) is 38.0 Å². The molecule has 6 nitrogen and oxygen atoms in total. The van der Waals surface area contributed by atoms with Gasteiger partial charge in [0.1, 0.15) is 29.7 Å². The number of fused-ring (bicyclic) bond motifs is 3. The molecule has 33 heavy (non-hydrogen) atoms. The van der Waals surface area contributed by atoms with Crippen LogP contribution < -0.4 is 9.47 Å². The summed E-state index contributed by atoms with van der Waals surface area (Å²) in [6, 6.07) is 10.3. The molecular formula is C25H22F2N2O4. The number of ether oxygens (including phenoxy) is 2. The van der Waals surface area contributed by atoms with Gasteiger partial charge < -0.3 is 13.9 Å². The van der Waals surface area contributed by atoms with Crippen LogP contribution in [0.15, 0.2) is 46.9 Å². The third-order valence-corrected chi connectivity index (χ3v) is 7.47. The highest BCUT2D eigenvalue weighted by molar-refractivity contribution is 5.81. The first-order chi connectivity index (χ1) is 15.9. The van der Waals surface area contributed by atoms with Crippen LogP contribution in [0, 0.1) is 35.8 Å². The fourth-order valence-corrected chi connectivity index (χ4v) is 5.79. The minimum atomic E-state index is -0.410. The van der Waals surface area contributed by atoms with Crippen molar-refractivity contribution in [3.8, 4) is 17.6 Å². The maximum absolute atomic E-state index is 13.7. The molecule has 0 saturated heterocycles. The number of aromatic nitrogens is 2. The van der Waals surface area contributed by atoms with Gasteiger partial charge in [-0.3, -0.25) is 4.79 Å². The lowest BCUT2D eigenvalue weighted by atomic mass is 9.88. The Kier molecular flexibility index (Phi) is 4.38. The van der Waals surface area contributed by atoms with Crippen molar-refractivity contribution >= 4 is 5.78 Å². The van der Waals surface area contributed by atoms with E-state index in [2.05, 4.69) is 10.2 Å². The number of halogens is 2. The molecule has 170 valence electrons. The van der Waals surface area contributed by atoms with Gasteiger partial charge >= 0.3 is 6.08 Å². The average Bonchev–Trinajstić information content (AvgIpc) is 3.59. The second kappa shape index (κ2) is 7.10. The smallest absolute Gasteiger partial charge is 0.420 e. The van der Waals surface area contributed by atoms with Gasteiger partial charge in [-0.1, -0.05) is 17.2 Å². The van der Waals surface area contributed by atoms with E-state index in [9.17, 15) is 13.6 Å². The van der Waals surface area contributed by atoms with Gasteiger partial charge in [0, 0.05) is 18.6 Å². The minimum absolute atomic E-state index is 0.00980. The lowest BCUT2D eigenvalue weighted by Crippen LogP contribution is -2.20. The highest BCUT2D eigenvalue weighted by Crippen LogP contribution is 2.83. The lowest BCUT2D eigenvalue weighted by molar-refractivity contribution is -0.122. The summed E-state index contributed by atoms with van der Waals surface area (Å²) >= 11 is 0. The predicted molar refractivity (Wildman–Crippen MR) is 112 cm³/mol. The van der Waals surface area contributed by atoms with E-state index in [0.717, 1.165) is 19.3 Å². The standard InChI is InChI=1S/C25H22F2N2O4/c1-14-5-6-17(8-21(14)27)31-12-16(30)9-24-10-19(24)20-11-25(20,13-24)22-28-29-23(33-22)32-18-4-2-3-15(26)7-18/h2-8,19-20H,9-13H2,1H3. The second-order valence-electron chi connectivity index (χ2n) is 9.66. The molecule has 1 aromatic heterocycles. The topological polar surface area (TPSA) is 74.5 Å². The van der Waals surface area contributed by atoms with E-state index in [4.69, 9.17) is 13.9 Å². The van der Waals surface area contributed by atoms with E-state index in [1.807, 2.05) is 0 Å². The fourth-order valence-electron chi connectivity index (χ4n) is 5.79. The summed E-state index contributed by atoms with van der Waals surface area (Å²) < 4.78 is 43.9. The third kappa shape index (κ3) is 3.48. The summed E-state index contributed by atoms with van der Waals surface area (Å²) in [4.78, 5) is 12.6. The normalized spacial score (nSPS) is 28.7. The number of hydrogen-bond acceptors (Lipinski definition) is 6. The molecule has 8 heteroatoms. The number of Topliss-reactive ketones (excluding diaryl/α,β-unsaturated/α-hetero) is 1. The zero-order valence-corrected chi connectivity index (χ0v) is 18.0. The quantitative estimate of drug-likeness (QED) is 0.470. The molecule has 3 aliphatic rings. The molecule has 3 aliphatic carbocycles. The number of carbonyl (C=O) groups is 1. The first-order valence-electron chi connectivity index (χ1n) is 11.1. The van der Waals surface area contributed by atoms with Crippen LogP contribution in [0.3, 0.4) is 0 Å². The summed E-state index contributed by atoms with van der Waals surface area (Å²) in [5.74, 6) is 1.34. The van der Waals surface area contributed by atoms with Gasteiger partial charge in [0.25, 0.3) is 0 Å². The molecule has 3 aromatic rings. The van der Waals surface area contributed by atoms with Crippen LogP contribution in [0.4, 0.5) is 8.78 Å². The van der Waals surface area contributed by atoms with Gasteiger partial charge in [0.15, 0.2) is 5.78 Å². The number of benzene rings is 2. The maximum Gasteiger partial charge on any atom is 0.420 e. The Bertz CT molecular complexity index is 1260. The van der Waals surface area contributed by atoms with E-state index < -0.39 is 5.82 Å². The summed E-state index contributed by atoms with van der Waals surface area (Å²) in [6.45, 7) is 1.61. The van der Waals surface area contributed by atoms with Crippen LogP contribution in [-0.2, 0) is 10.2 Å². The maximum atomic E-state index is 13.7. The van der Waals surface area contributed by atoms with Gasteiger partial charge in [-0.2, -0.15) is 0 Å². The van der Waals surface area contributed by atoms with E-state index in [1.54, 1.807) is 31.2 Å². The molecular weight excluding hydrogens is 430 g/mol. The SMILES string of the molecule is Cc1ccc(OCC(=O)CC23CC2C2CC2(c2nnc(Oc4cccc(F)c4)o2)C3)cc1F. The van der Waals surface area contributed by atoms with Gasteiger partial charge in [-0.25, -0.2) is 8.78 Å². The summed E-state index contributed by atoms with van der Waals surface area (Å²) in [5.41, 5.74) is 0.301. The predicted octanol–water partition coefficient (Wildman–Crippen LogP) is 5.15. The molecule has 6 rings (SSSR count). The molecule has 0 bridgehead atoms. The van der Waals surface area contributed by atoms with E-state index in [1.165, 1.54) is 18.2 Å². The number of nitrogens with zero attached hydrogens (tertiary/aromatic N) is 2. The average molecular weight is 452 g/mol. The van der Waals surface area contributed by atoms with E-state index in [-0.39, 0.29) is 35.1 Å². The van der Waals surface area contributed by atoms with Crippen LogP contribution in [0.1, 0.15) is 37.1 Å². The Hall–Kier alpha value is -3.29. The lowest BCUT2D eigenvalue weighted by Gasteiger charge is -2.17. The molecule has 2 aromatic carbocycles. The highest BCUT2D eigenvalue weighted by Gasteiger charge is 2.80. The molecule has 4 unspecified atom stereocenters. The van der Waals surface area contributed by atoms with Crippen molar-refractivity contribution in [1.29, 1.82) is 0 Å². The Morgan fingerprint density at radius 3 is 2.82 bits per heavy atom. The minimum Gasteiger partial charge on any atom is -0.486 e. The number of ketones is 1. The molecule has 0 spiro atoms. The summed E-state index contributed by atoms with van der Waals surface area (Å²) in [6.07, 6.45) is 3.23. The molecule has 0 amide bonds. The van der Waals surface area contributed by atoms with E-state index >= 15 is 0 Å².